The lowest BCUT2D eigenvalue weighted by molar-refractivity contribution is -0.160. The zero-order chi connectivity index (χ0) is 19.5. The number of benzene rings is 1. The van der Waals surface area contributed by atoms with Gasteiger partial charge in [0.25, 0.3) is 6.43 Å². The molecule has 0 amide bonds. The topological polar surface area (TPSA) is 86.2 Å². The molecule has 1 unspecified atom stereocenters. The predicted molar refractivity (Wildman–Crippen MR) is 89.5 cm³/mol. The Morgan fingerprint density at radius 1 is 1.42 bits per heavy atom. The first-order valence-electron chi connectivity index (χ1n) is 7.52. The smallest absolute Gasteiger partial charge is 0.340 e. The summed E-state index contributed by atoms with van der Waals surface area (Å²) >= 11 is 6.27. The average molecular weight is 391 g/mol. The summed E-state index contributed by atoms with van der Waals surface area (Å²) in [7, 11) is 0. The first-order valence-corrected chi connectivity index (χ1v) is 7.89. The summed E-state index contributed by atoms with van der Waals surface area (Å²) in [5.74, 6) is -0.881. The molecular formula is C16H17ClF2N2O5. The first-order chi connectivity index (χ1) is 12.1. The highest BCUT2D eigenvalue weighted by atomic mass is 35.5. The molecule has 2 rings (SSSR count). The van der Waals surface area contributed by atoms with Crippen molar-refractivity contribution in [3.63, 3.8) is 0 Å². The number of carbonyl (C=O) groups is 1. The number of carbonyl (C=O) groups excluding carboxylic acids is 1. The van der Waals surface area contributed by atoms with Crippen LogP contribution in [-0.4, -0.2) is 25.3 Å². The van der Waals surface area contributed by atoms with Crippen LogP contribution in [0.3, 0.4) is 0 Å². The molecule has 1 aliphatic heterocycles. The van der Waals surface area contributed by atoms with E-state index in [2.05, 4.69) is 14.9 Å². The number of rotatable bonds is 6. The van der Waals surface area contributed by atoms with Crippen molar-refractivity contribution >= 4 is 23.6 Å². The van der Waals surface area contributed by atoms with Crippen LogP contribution in [0.5, 0.6) is 5.75 Å². The van der Waals surface area contributed by atoms with E-state index in [0.29, 0.717) is 10.6 Å². The van der Waals surface area contributed by atoms with Crippen molar-refractivity contribution in [2.24, 2.45) is 5.29 Å². The summed E-state index contributed by atoms with van der Waals surface area (Å²) < 4.78 is 36.8. The van der Waals surface area contributed by atoms with Gasteiger partial charge in [0.2, 0.25) is 6.79 Å². The van der Waals surface area contributed by atoms with Gasteiger partial charge in [0.15, 0.2) is 6.10 Å². The Morgan fingerprint density at radius 3 is 2.69 bits per heavy atom. The summed E-state index contributed by atoms with van der Waals surface area (Å²) in [6.45, 7) is 5.08. The molecule has 1 aromatic rings. The maximum absolute atomic E-state index is 13.4. The molecule has 0 fully saturated rings. The molecule has 26 heavy (non-hydrogen) atoms. The van der Waals surface area contributed by atoms with Crippen LogP contribution in [0.4, 0.5) is 8.78 Å². The Morgan fingerprint density at radius 2 is 2.12 bits per heavy atom. The van der Waals surface area contributed by atoms with Gasteiger partial charge in [-0.15, -0.1) is 10.5 Å². The zero-order valence-corrected chi connectivity index (χ0v) is 15.0. The standard InChI is InChI=1S/C16H17ClF2N2O5/c1-16(2,3)10-6-12-8(5-11(10)17)4-9(13(26-12)14(18)19)15(22)24-7-25-21-20-23/h4-6,13-14H,7H2,1-3H3,(H,21,23). The highest BCUT2D eigenvalue weighted by molar-refractivity contribution is 6.31. The third-order valence-corrected chi connectivity index (χ3v) is 3.91. The van der Waals surface area contributed by atoms with Crippen molar-refractivity contribution in [3.05, 3.63) is 38.8 Å². The van der Waals surface area contributed by atoms with Gasteiger partial charge in [-0.2, -0.15) is 0 Å². The van der Waals surface area contributed by atoms with Gasteiger partial charge in [-0.25, -0.2) is 18.4 Å². The average Bonchev–Trinajstić information content (AvgIpc) is 2.55. The number of nitroso groups, excluding NO2 is 1. The van der Waals surface area contributed by atoms with Crippen LogP contribution >= 0.6 is 11.6 Å². The van der Waals surface area contributed by atoms with Gasteiger partial charge in [-0.3, -0.25) is 0 Å². The number of alkyl halides is 2. The predicted octanol–water partition coefficient (Wildman–Crippen LogP) is 3.75. The van der Waals surface area contributed by atoms with Crippen molar-refractivity contribution in [2.45, 2.75) is 38.7 Å². The lowest BCUT2D eigenvalue weighted by atomic mass is 9.85. The number of esters is 1. The largest absolute Gasteiger partial charge is 0.479 e. The van der Waals surface area contributed by atoms with Gasteiger partial charge >= 0.3 is 5.97 Å². The summed E-state index contributed by atoms with van der Waals surface area (Å²) in [4.78, 5) is 26.2. The van der Waals surface area contributed by atoms with Crippen molar-refractivity contribution < 1.29 is 27.9 Å². The van der Waals surface area contributed by atoms with Crippen LogP contribution in [0.2, 0.25) is 5.02 Å². The van der Waals surface area contributed by atoms with Crippen molar-refractivity contribution in [3.8, 4) is 5.75 Å². The van der Waals surface area contributed by atoms with E-state index in [-0.39, 0.29) is 11.2 Å². The number of hydrogen-bond donors (Lipinski definition) is 1. The van der Waals surface area contributed by atoms with Crippen molar-refractivity contribution in [1.82, 2.24) is 5.59 Å². The molecule has 0 bridgehead atoms. The number of ether oxygens (including phenoxy) is 2. The monoisotopic (exact) mass is 390 g/mol. The maximum Gasteiger partial charge on any atom is 0.340 e. The van der Waals surface area contributed by atoms with Crippen LogP contribution in [-0.2, 0) is 19.8 Å². The molecule has 0 aromatic heterocycles. The van der Waals surface area contributed by atoms with Gasteiger partial charge in [0, 0.05) is 10.6 Å². The minimum Gasteiger partial charge on any atom is -0.479 e. The number of nitrogens with zero attached hydrogens (tertiary/aromatic N) is 1. The molecule has 1 aromatic carbocycles. The Labute approximate surface area is 153 Å². The summed E-state index contributed by atoms with van der Waals surface area (Å²) in [6.07, 6.45) is -3.53. The molecule has 1 atom stereocenters. The van der Waals surface area contributed by atoms with E-state index in [1.54, 1.807) is 17.7 Å². The van der Waals surface area contributed by atoms with E-state index in [9.17, 15) is 18.5 Å². The molecule has 7 nitrogen and oxygen atoms in total. The second kappa shape index (κ2) is 7.96. The molecule has 0 saturated carbocycles. The van der Waals surface area contributed by atoms with E-state index < -0.39 is 30.9 Å². The van der Waals surface area contributed by atoms with Gasteiger partial charge in [0.1, 0.15) is 5.75 Å². The van der Waals surface area contributed by atoms with Crippen LogP contribution in [0, 0.1) is 4.91 Å². The fourth-order valence-corrected chi connectivity index (χ4v) is 2.85. The quantitative estimate of drug-likeness (QED) is 0.262. The van der Waals surface area contributed by atoms with Gasteiger partial charge in [-0.05, 0) is 29.2 Å². The Bertz CT molecular complexity index is 734. The van der Waals surface area contributed by atoms with E-state index in [4.69, 9.17) is 16.3 Å². The third-order valence-electron chi connectivity index (χ3n) is 3.59. The van der Waals surface area contributed by atoms with E-state index in [0.717, 1.165) is 5.56 Å². The van der Waals surface area contributed by atoms with E-state index in [1.807, 2.05) is 20.8 Å². The summed E-state index contributed by atoms with van der Waals surface area (Å²) in [5.41, 5.74) is 1.95. The van der Waals surface area contributed by atoms with Gasteiger partial charge < -0.3 is 9.47 Å². The number of halogens is 3. The molecule has 10 heteroatoms. The normalized spacial score (nSPS) is 16.4. The van der Waals surface area contributed by atoms with Crippen molar-refractivity contribution in [2.75, 3.05) is 6.79 Å². The van der Waals surface area contributed by atoms with E-state index in [1.165, 1.54) is 6.08 Å². The molecule has 0 saturated heterocycles. The number of hydrogen-bond acceptors (Lipinski definition) is 6. The third kappa shape index (κ3) is 4.47. The Hall–Kier alpha value is -2.26. The highest BCUT2D eigenvalue weighted by Crippen LogP contribution is 2.39. The van der Waals surface area contributed by atoms with Gasteiger partial charge in [0.05, 0.1) is 10.9 Å². The van der Waals surface area contributed by atoms with E-state index >= 15 is 0 Å². The second-order valence-electron chi connectivity index (χ2n) is 6.47. The highest BCUT2D eigenvalue weighted by Gasteiger charge is 2.36. The molecule has 142 valence electrons. The first kappa shape index (κ1) is 20.1. The number of nitrogens with one attached hydrogen (secondary N) is 1. The van der Waals surface area contributed by atoms with Gasteiger partial charge in [-0.1, -0.05) is 32.4 Å². The summed E-state index contributed by atoms with van der Waals surface area (Å²) in [6, 6.07) is 3.13. The molecular weight excluding hydrogens is 374 g/mol. The molecule has 0 aliphatic carbocycles. The van der Waals surface area contributed by atoms with Crippen LogP contribution < -0.4 is 10.3 Å². The SMILES string of the molecule is CC(C)(C)c1cc2c(cc1Cl)C=C(C(=O)OCONN=O)C(C(F)F)O2. The minimum atomic E-state index is -2.97. The lowest BCUT2D eigenvalue weighted by Gasteiger charge is -2.28. The molecule has 0 spiro atoms. The zero-order valence-electron chi connectivity index (χ0n) is 14.2. The number of fused-ring (bicyclic) bond motifs is 1. The molecule has 0 radical (unpaired) electrons. The Kier molecular flexibility index (Phi) is 6.14. The maximum atomic E-state index is 13.4. The molecule has 1 aliphatic rings. The Balaban J connectivity index is 2.35. The fourth-order valence-electron chi connectivity index (χ4n) is 2.39. The summed E-state index contributed by atoms with van der Waals surface area (Å²) in [5, 5.41) is 2.59. The van der Waals surface area contributed by atoms with Crippen LogP contribution in [0.15, 0.2) is 23.0 Å². The fraction of sp³-hybridized carbons (Fsp3) is 0.438. The van der Waals surface area contributed by atoms with Crippen molar-refractivity contribution in [1.29, 1.82) is 0 Å². The van der Waals surface area contributed by atoms with Crippen LogP contribution in [0.1, 0.15) is 31.9 Å². The second-order valence-corrected chi connectivity index (χ2v) is 6.88. The lowest BCUT2D eigenvalue weighted by Crippen LogP contribution is -2.35. The molecule has 1 N–H and O–H groups in total. The van der Waals surface area contributed by atoms with Crippen LogP contribution in [0.25, 0.3) is 6.08 Å². The minimum absolute atomic E-state index is 0.198. The molecule has 1 heterocycles.